The van der Waals surface area contributed by atoms with E-state index in [1.807, 2.05) is 39.0 Å². The molecule has 0 radical (unpaired) electrons. The quantitative estimate of drug-likeness (QED) is 0.659. The van der Waals surface area contributed by atoms with Crippen LogP contribution in [-0.4, -0.2) is 11.5 Å². The van der Waals surface area contributed by atoms with E-state index in [1.165, 1.54) is 0 Å². The minimum atomic E-state index is -0.132. The van der Waals surface area contributed by atoms with Crippen LogP contribution in [0.4, 0.5) is 5.69 Å². The largest absolute Gasteiger partial charge is 0.219 e. The average molecular weight is 332 g/mol. The summed E-state index contributed by atoms with van der Waals surface area (Å²) >= 11 is 6.79. The lowest BCUT2D eigenvalue weighted by Crippen LogP contribution is -2.07. The molecule has 0 unspecified atom stereocenters. The number of benzene rings is 1. The normalized spacial score (nSPS) is 10.7. The van der Waals surface area contributed by atoms with E-state index in [0.717, 1.165) is 14.6 Å². The van der Waals surface area contributed by atoms with E-state index < -0.39 is 0 Å². The minimum Gasteiger partial charge on any atom is -0.219 e. The molecule has 1 aromatic rings. The molecule has 0 saturated heterocycles. The van der Waals surface area contributed by atoms with Crippen LogP contribution >= 0.6 is 31.9 Å². The van der Waals surface area contributed by atoms with Gasteiger partial charge in [-0.2, -0.15) is 4.99 Å². The Balaban J connectivity index is 2.95. The van der Waals surface area contributed by atoms with Crippen LogP contribution in [-0.2, 0) is 0 Å². The minimum absolute atomic E-state index is 0.132. The molecule has 0 fully saturated rings. The molecule has 0 atom stereocenters. The van der Waals surface area contributed by atoms with Gasteiger partial charge in [0.1, 0.15) is 0 Å². The Kier molecular flexibility index (Phi) is 4.26. The number of aliphatic imine (C=N–C) groups is 2. The summed E-state index contributed by atoms with van der Waals surface area (Å²) in [5.74, 6) is 0. The smallest absolute Gasteiger partial charge is 0.0954 e. The lowest BCUT2D eigenvalue weighted by Gasteiger charge is -2.06. The van der Waals surface area contributed by atoms with E-state index in [-0.39, 0.29) is 5.54 Å². The molecule has 4 heteroatoms. The maximum Gasteiger partial charge on any atom is 0.0954 e. The Bertz CT molecular complexity index is 393. The van der Waals surface area contributed by atoms with Gasteiger partial charge >= 0.3 is 0 Å². The van der Waals surface area contributed by atoms with E-state index in [1.54, 1.807) is 0 Å². The van der Waals surface area contributed by atoms with Gasteiger partial charge in [-0.1, -0.05) is 31.9 Å². The molecule has 2 nitrogen and oxygen atoms in total. The molecule has 15 heavy (non-hydrogen) atoms. The Morgan fingerprint density at radius 3 is 2.07 bits per heavy atom. The van der Waals surface area contributed by atoms with Gasteiger partial charge in [-0.3, -0.25) is 0 Å². The number of nitrogens with zero attached hydrogens (tertiary/aromatic N) is 2. The van der Waals surface area contributed by atoms with Crippen LogP contribution in [0.15, 0.2) is 37.1 Å². The SMILES string of the molecule is CC(C)(C)N=C=Nc1cc(Br)cc(Br)c1. The van der Waals surface area contributed by atoms with Crippen molar-refractivity contribution in [1.29, 1.82) is 0 Å². The Labute approximate surface area is 107 Å². The van der Waals surface area contributed by atoms with Crippen molar-refractivity contribution in [3.63, 3.8) is 0 Å². The van der Waals surface area contributed by atoms with Crippen molar-refractivity contribution in [2.45, 2.75) is 26.3 Å². The molecule has 1 aromatic carbocycles. The second-order valence-corrected chi connectivity index (χ2v) is 5.95. The molecule has 80 valence electrons. The highest BCUT2D eigenvalue weighted by atomic mass is 79.9. The first-order valence-corrected chi connectivity index (χ1v) is 6.09. The Morgan fingerprint density at radius 1 is 1.07 bits per heavy atom. The molecular formula is C11H12Br2N2. The molecule has 0 amide bonds. The standard InChI is InChI=1S/C11H12Br2N2/c1-11(2,3)15-7-14-10-5-8(12)4-9(13)6-10/h4-6H,1-3H3. The van der Waals surface area contributed by atoms with Crippen LogP contribution in [0.3, 0.4) is 0 Å². The first-order chi connectivity index (χ1) is 6.87. The van der Waals surface area contributed by atoms with Crippen LogP contribution in [0.1, 0.15) is 20.8 Å². The second kappa shape index (κ2) is 5.06. The number of hydrogen-bond acceptors (Lipinski definition) is 2. The van der Waals surface area contributed by atoms with Crippen LogP contribution in [0.25, 0.3) is 0 Å². The maximum atomic E-state index is 4.16. The number of hydrogen-bond donors (Lipinski definition) is 0. The zero-order valence-electron chi connectivity index (χ0n) is 8.88. The zero-order valence-corrected chi connectivity index (χ0v) is 12.1. The van der Waals surface area contributed by atoms with Gasteiger partial charge in [0.2, 0.25) is 0 Å². The summed E-state index contributed by atoms with van der Waals surface area (Å²) in [5.41, 5.74) is 0.691. The highest BCUT2D eigenvalue weighted by Gasteiger charge is 2.04. The third-order valence-corrected chi connectivity index (χ3v) is 2.33. The Morgan fingerprint density at radius 2 is 1.60 bits per heavy atom. The zero-order chi connectivity index (χ0) is 11.5. The monoisotopic (exact) mass is 330 g/mol. The summed E-state index contributed by atoms with van der Waals surface area (Å²) in [6.07, 6.45) is 0. The van der Waals surface area contributed by atoms with Gasteiger partial charge in [-0.15, -0.1) is 0 Å². The molecule has 0 spiro atoms. The van der Waals surface area contributed by atoms with Crippen molar-refractivity contribution in [2.24, 2.45) is 9.98 Å². The average Bonchev–Trinajstić information content (AvgIpc) is 1.99. The summed E-state index contributed by atoms with van der Waals surface area (Å²) in [6.45, 7) is 6.02. The third kappa shape index (κ3) is 5.26. The van der Waals surface area contributed by atoms with Crippen molar-refractivity contribution >= 4 is 43.6 Å². The van der Waals surface area contributed by atoms with Crippen molar-refractivity contribution in [2.75, 3.05) is 0 Å². The molecular weight excluding hydrogens is 320 g/mol. The predicted molar refractivity (Wildman–Crippen MR) is 71.1 cm³/mol. The molecule has 0 aliphatic rings. The first kappa shape index (κ1) is 12.6. The molecule has 1 rings (SSSR count). The van der Waals surface area contributed by atoms with Gasteiger partial charge in [0, 0.05) is 8.95 Å². The molecule has 0 heterocycles. The molecule has 0 N–H and O–H groups in total. The molecule has 0 aromatic heterocycles. The van der Waals surface area contributed by atoms with E-state index in [0.29, 0.717) is 0 Å². The summed E-state index contributed by atoms with van der Waals surface area (Å²) in [6, 6.07) is 8.49. The topological polar surface area (TPSA) is 24.7 Å². The molecule has 0 saturated carbocycles. The number of halogens is 2. The lowest BCUT2D eigenvalue weighted by atomic mass is 10.1. The van der Waals surface area contributed by atoms with Gasteiger partial charge in [-0.25, -0.2) is 4.99 Å². The molecule has 0 aliphatic carbocycles. The van der Waals surface area contributed by atoms with Gasteiger partial charge in [0.05, 0.1) is 17.2 Å². The van der Waals surface area contributed by atoms with Crippen molar-refractivity contribution in [1.82, 2.24) is 0 Å². The predicted octanol–water partition coefficient (Wildman–Crippen LogP) is 4.82. The van der Waals surface area contributed by atoms with Crippen LogP contribution in [0.2, 0.25) is 0 Å². The van der Waals surface area contributed by atoms with Crippen molar-refractivity contribution in [3.8, 4) is 0 Å². The molecule has 0 bridgehead atoms. The highest BCUT2D eigenvalue weighted by molar-refractivity contribution is 9.11. The fourth-order valence-electron chi connectivity index (χ4n) is 0.837. The van der Waals surface area contributed by atoms with Crippen LogP contribution < -0.4 is 0 Å². The van der Waals surface area contributed by atoms with E-state index in [9.17, 15) is 0 Å². The fraction of sp³-hybridized carbons (Fsp3) is 0.364. The van der Waals surface area contributed by atoms with Gasteiger partial charge in [-0.05, 0) is 39.0 Å². The van der Waals surface area contributed by atoms with E-state index >= 15 is 0 Å². The first-order valence-electron chi connectivity index (χ1n) is 4.50. The van der Waals surface area contributed by atoms with Crippen molar-refractivity contribution in [3.05, 3.63) is 27.1 Å². The van der Waals surface area contributed by atoms with Crippen molar-refractivity contribution < 1.29 is 0 Å². The second-order valence-electron chi connectivity index (χ2n) is 4.12. The fourth-order valence-corrected chi connectivity index (χ4v) is 2.11. The van der Waals surface area contributed by atoms with Crippen LogP contribution in [0, 0.1) is 0 Å². The summed E-state index contributed by atoms with van der Waals surface area (Å²) < 4.78 is 1.96. The molecule has 0 aliphatic heterocycles. The lowest BCUT2D eigenvalue weighted by molar-refractivity contribution is 0.587. The van der Waals surface area contributed by atoms with E-state index in [2.05, 4.69) is 47.9 Å². The maximum absolute atomic E-state index is 4.16. The van der Waals surface area contributed by atoms with Crippen LogP contribution in [0.5, 0.6) is 0 Å². The summed E-state index contributed by atoms with van der Waals surface area (Å²) in [4.78, 5) is 8.30. The highest BCUT2D eigenvalue weighted by Crippen LogP contribution is 2.24. The van der Waals surface area contributed by atoms with E-state index in [4.69, 9.17) is 0 Å². The summed E-state index contributed by atoms with van der Waals surface area (Å²) in [7, 11) is 0. The Hall–Kier alpha value is -0.440. The number of rotatable bonds is 1. The van der Waals surface area contributed by atoms with Gasteiger partial charge < -0.3 is 0 Å². The third-order valence-electron chi connectivity index (χ3n) is 1.41. The van der Waals surface area contributed by atoms with Gasteiger partial charge in [0.25, 0.3) is 0 Å². The summed E-state index contributed by atoms with van der Waals surface area (Å²) in [5, 5.41) is 0. The van der Waals surface area contributed by atoms with Gasteiger partial charge in [0.15, 0.2) is 0 Å².